The summed E-state index contributed by atoms with van der Waals surface area (Å²) in [7, 11) is 4.89. The lowest BCUT2D eigenvalue weighted by atomic mass is 10.1. The molecule has 0 fully saturated rings. The number of nitrogens with one attached hydrogen (secondary N) is 1. The molecular formula is C54H50N12O4. The summed E-state index contributed by atoms with van der Waals surface area (Å²) in [6.45, 7) is 6.17. The number of hydrogen-bond acceptors (Lipinski definition) is 16. The van der Waals surface area contributed by atoms with Crippen molar-refractivity contribution in [3.63, 3.8) is 0 Å². The van der Waals surface area contributed by atoms with Gasteiger partial charge in [-0.05, 0) is 72.7 Å². The molecule has 0 aliphatic heterocycles. The quantitative estimate of drug-likeness (QED) is 0.0824. The highest BCUT2D eigenvalue weighted by Crippen LogP contribution is 2.36. The number of pyridine rings is 2. The SMILES string of the molecule is COc1cc(OC)cc(N(CC#Cc2ncccn2)c2ccc3ncc(-c4ccc(COc5cc(OC)cc(N(CCNC(C)C)c6ccc7ncc(-c8ccc(N)nc8)nc7c6)c5)nc4)nc3c2)c1. The first kappa shape index (κ1) is 46.2. The Balaban J connectivity index is 0.950. The van der Waals surface area contributed by atoms with Gasteiger partial charge in [-0.25, -0.2) is 24.9 Å². The first-order valence-electron chi connectivity index (χ1n) is 22.5. The number of rotatable bonds is 17. The summed E-state index contributed by atoms with van der Waals surface area (Å²) in [5, 5.41) is 3.55. The van der Waals surface area contributed by atoms with E-state index in [4.69, 9.17) is 49.6 Å². The van der Waals surface area contributed by atoms with E-state index in [1.807, 2.05) is 89.8 Å². The largest absolute Gasteiger partial charge is 0.497 e. The predicted molar refractivity (Wildman–Crippen MR) is 273 cm³/mol. The lowest BCUT2D eigenvalue weighted by Gasteiger charge is -2.27. The highest BCUT2D eigenvalue weighted by Gasteiger charge is 2.17. The Kier molecular flexibility index (Phi) is 14.1. The van der Waals surface area contributed by atoms with E-state index < -0.39 is 0 Å². The van der Waals surface area contributed by atoms with E-state index in [9.17, 15) is 0 Å². The van der Waals surface area contributed by atoms with Gasteiger partial charge >= 0.3 is 0 Å². The van der Waals surface area contributed by atoms with Crippen molar-refractivity contribution >= 4 is 50.6 Å². The second-order valence-electron chi connectivity index (χ2n) is 16.3. The average Bonchev–Trinajstić information content (AvgIpc) is 3.40. The molecule has 16 nitrogen and oxygen atoms in total. The fourth-order valence-electron chi connectivity index (χ4n) is 7.62. The van der Waals surface area contributed by atoms with Crippen molar-refractivity contribution in [2.24, 2.45) is 0 Å². The number of benzene rings is 4. The van der Waals surface area contributed by atoms with Crippen LogP contribution in [0.15, 0.2) is 140 Å². The molecule has 3 N–H and O–H groups in total. The normalized spacial score (nSPS) is 11.0. The molecule has 0 amide bonds. The third-order valence-electron chi connectivity index (χ3n) is 11.2. The minimum atomic E-state index is 0.215. The van der Waals surface area contributed by atoms with E-state index in [1.54, 1.807) is 70.6 Å². The average molecular weight is 931 g/mol. The van der Waals surface area contributed by atoms with Crippen LogP contribution in [-0.4, -0.2) is 86.9 Å². The number of methoxy groups -OCH3 is 3. The molecule has 0 saturated heterocycles. The highest BCUT2D eigenvalue weighted by atomic mass is 16.5. The number of fused-ring (bicyclic) bond motifs is 2. The Morgan fingerprint density at radius 2 is 1.14 bits per heavy atom. The minimum Gasteiger partial charge on any atom is -0.497 e. The summed E-state index contributed by atoms with van der Waals surface area (Å²) >= 11 is 0. The fourth-order valence-corrected chi connectivity index (χ4v) is 7.62. The molecule has 9 aromatic rings. The van der Waals surface area contributed by atoms with Crippen molar-refractivity contribution in [3.8, 4) is 57.4 Å². The van der Waals surface area contributed by atoms with Crippen LogP contribution >= 0.6 is 0 Å². The summed E-state index contributed by atoms with van der Waals surface area (Å²) in [5.41, 5.74) is 16.0. The Hall–Kier alpha value is -8.94. The van der Waals surface area contributed by atoms with Gasteiger partial charge in [-0.2, -0.15) is 0 Å². The van der Waals surface area contributed by atoms with Crippen molar-refractivity contribution in [1.29, 1.82) is 0 Å². The molecule has 0 aliphatic rings. The Morgan fingerprint density at radius 1 is 0.571 bits per heavy atom. The summed E-state index contributed by atoms with van der Waals surface area (Å²) in [6.07, 6.45) is 10.3. The number of ether oxygens (including phenoxy) is 4. The van der Waals surface area contributed by atoms with Crippen LogP contribution in [-0.2, 0) is 6.61 Å². The lowest BCUT2D eigenvalue weighted by Crippen LogP contribution is -2.32. The van der Waals surface area contributed by atoms with Crippen LogP contribution in [0.4, 0.5) is 28.6 Å². The van der Waals surface area contributed by atoms with Crippen LogP contribution < -0.4 is 39.8 Å². The summed E-state index contributed by atoms with van der Waals surface area (Å²) < 4.78 is 23.4. The third-order valence-corrected chi connectivity index (χ3v) is 11.2. The molecule has 0 atom stereocenters. The van der Waals surface area contributed by atoms with Crippen LogP contribution in [0.25, 0.3) is 44.6 Å². The molecule has 5 aromatic heterocycles. The van der Waals surface area contributed by atoms with Gasteiger partial charge in [0.1, 0.15) is 35.4 Å². The standard InChI is InChI=1S/C54H50N12O4/c1-35(2)56-19-21-66(40-13-15-48-50(27-40)64-52(33-61-48)37-10-16-53(55)62-31-37)42-24-45(69-5)29-46(25-42)70-34-38-11-9-36(30-59-38)51-32-60-47-14-12-39(26-49(47)63-51)65(20-6-8-54-57-17-7-18-58-54)41-22-43(67-3)28-44(23-41)68-4/h7,9-18,22-33,35,56H,19-21,34H2,1-5H3,(H2,55,62). The van der Waals surface area contributed by atoms with Crippen molar-refractivity contribution < 1.29 is 18.9 Å². The van der Waals surface area contributed by atoms with Crippen molar-refractivity contribution in [2.75, 3.05) is 56.5 Å². The first-order chi connectivity index (χ1) is 34.2. The maximum absolute atomic E-state index is 6.42. The number of nitrogens with two attached hydrogens (primary N) is 1. The molecule has 350 valence electrons. The predicted octanol–water partition coefficient (Wildman–Crippen LogP) is 9.00. The number of aromatic nitrogens is 8. The van der Waals surface area contributed by atoms with Gasteiger partial charge < -0.3 is 39.8 Å². The van der Waals surface area contributed by atoms with Gasteiger partial charge in [0.25, 0.3) is 0 Å². The Labute approximate surface area is 405 Å². The first-order valence-corrected chi connectivity index (χ1v) is 22.5. The smallest absolute Gasteiger partial charge is 0.204 e. The van der Waals surface area contributed by atoms with Crippen LogP contribution in [0.1, 0.15) is 25.4 Å². The molecule has 0 unspecified atom stereocenters. The monoisotopic (exact) mass is 930 g/mol. The summed E-state index contributed by atoms with van der Waals surface area (Å²) in [4.78, 5) is 41.2. The van der Waals surface area contributed by atoms with Crippen molar-refractivity contribution in [3.05, 3.63) is 152 Å². The van der Waals surface area contributed by atoms with E-state index in [1.165, 1.54) is 0 Å². The van der Waals surface area contributed by atoms with Gasteiger partial charge in [0.2, 0.25) is 5.82 Å². The zero-order valence-corrected chi connectivity index (χ0v) is 39.4. The molecular weight excluding hydrogens is 881 g/mol. The van der Waals surface area contributed by atoms with Gasteiger partial charge in [0, 0.05) is 114 Å². The second-order valence-corrected chi connectivity index (χ2v) is 16.3. The van der Waals surface area contributed by atoms with Crippen LogP contribution in [0.5, 0.6) is 23.0 Å². The number of nitrogen functional groups attached to an aromatic ring is 1. The highest BCUT2D eigenvalue weighted by molar-refractivity contribution is 5.84. The van der Waals surface area contributed by atoms with Gasteiger partial charge in [-0.15, -0.1) is 0 Å². The molecule has 5 heterocycles. The molecule has 0 spiro atoms. The fraction of sp³-hybridized carbons (Fsp3) is 0.185. The second kappa shape index (κ2) is 21.3. The Morgan fingerprint density at radius 3 is 1.71 bits per heavy atom. The summed E-state index contributed by atoms with van der Waals surface area (Å²) in [6, 6.07) is 33.2. The van der Waals surface area contributed by atoms with Crippen molar-refractivity contribution in [2.45, 2.75) is 26.5 Å². The molecule has 0 saturated carbocycles. The maximum Gasteiger partial charge on any atom is 0.204 e. The molecule has 16 heteroatoms. The molecule has 70 heavy (non-hydrogen) atoms. The zero-order chi connectivity index (χ0) is 48.4. The topological polar surface area (TPSA) is 185 Å². The van der Waals surface area contributed by atoms with Crippen LogP contribution in [0.3, 0.4) is 0 Å². The Bertz CT molecular complexity index is 3290. The molecule has 4 aromatic carbocycles. The molecule has 9 rings (SSSR count). The third kappa shape index (κ3) is 11.1. The maximum atomic E-state index is 6.42. The number of anilines is 5. The van der Waals surface area contributed by atoms with Crippen LogP contribution in [0.2, 0.25) is 0 Å². The van der Waals surface area contributed by atoms with Crippen molar-refractivity contribution in [1.82, 2.24) is 45.2 Å². The van der Waals surface area contributed by atoms with E-state index >= 15 is 0 Å². The minimum absolute atomic E-state index is 0.215. The molecule has 0 bridgehead atoms. The van der Waals surface area contributed by atoms with Gasteiger partial charge in [-0.1, -0.05) is 19.8 Å². The van der Waals surface area contributed by atoms with Gasteiger partial charge in [0.15, 0.2) is 0 Å². The summed E-state index contributed by atoms with van der Waals surface area (Å²) in [5.74, 6) is 9.73. The van der Waals surface area contributed by atoms with E-state index in [-0.39, 0.29) is 6.61 Å². The zero-order valence-electron chi connectivity index (χ0n) is 39.4. The van der Waals surface area contributed by atoms with Crippen LogP contribution in [0, 0.1) is 11.8 Å². The lowest BCUT2D eigenvalue weighted by molar-refractivity contribution is 0.299. The van der Waals surface area contributed by atoms with E-state index in [2.05, 4.69) is 56.9 Å². The molecule has 0 aliphatic carbocycles. The number of nitrogens with zero attached hydrogens (tertiary/aromatic N) is 10. The van der Waals surface area contributed by atoms with Gasteiger partial charge in [-0.3, -0.25) is 15.0 Å². The van der Waals surface area contributed by atoms with E-state index in [0.717, 1.165) is 62.7 Å². The molecule has 0 radical (unpaired) electrons. The van der Waals surface area contributed by atoms with Gasteiger partial charge in [0.05, 0.1) is 79.4 Å². The number of hydrogen-bond donors (Lipinski definition) is 2. The van der Waals surface area contributed by atoms with E-state index in [0.29, 0.717) is 70.7 Å².